The summed E-state index contributed by atoms with van der Waals surface area (Å²) in [5.41, 5.74) is 7.16. The van der Waals surface area contributed by atoms with Crippen molar-refractivity contribution in [3.05, 3.63) is 59.4 Å². The highest BCUT2D eigenvalue weighted by molar-refractivity contribution is 5.88. The van der Waals surface area contributed by atoms with Gasteiger partial charge in [0, 0.05) is 41.0 Å². The van der Waals surface area contributed by atoms with E-state index in [1.54, 1.807) is 4.68 Å². The first kappa shape index (κ1) is 32.1. The van der Waals surface area contributed by atoms with E-state index in [4.69, 9.17) is 0 Å². The van der Waals surface area contributed by atoms with Crippen molar-refractivity contribution >= 4 is 10.9 Å². The predicted molar refractivity (Wildman–Crippen MR) is 160 cm³/mol. The number of allylic oxidation sites excluding steroid dienone is 1. The number of pyridine rings is 1. The second-order valence-electron chi connectivity index (χ2n) is 11.6. The lowest BCUT2D eigenvalue weighted by molar-refractivity contribution is 0.138. The smallest absolute Gasteiger partial charge is 0.110 e. The van der Waals surface area contributed by atoms with Crippen molar-refractivity contribution in [2.24, 2.45) is 13.0 Å². The van der Waals surface area contributed by atoms with E-state index in [1.165, 1.54) is 18.4 Å². The Balaban J connectivity index is 0.000000340. The number of aryl methyl sites for hydroxylation is 3. The van der Waals surface area contributed by atoms with Crippen molar-refractivity contribution in [1.82, 2.24) is 20.1 Å². The number of hydrogen-bond donors (Lipinski definition) is 1. The van der Waals surface area contributed by atoms with Crippen LogP contribution in [0.25, 0.3) is 22.2 Å². The summed E-state index contributed by atoms with van der Waals surface area (Å²) in [5, 5.41) is 18.2. The summed E-state index contributed by atoms with van der Waals surface area (Å²) in [6.45, 7) is 27.1. The molecule has 1 aliphatic heterocycles. The van der Waals surface area contributed by atoms with Crippen molar-refractivity contribution in [2.45, 2.75) is 100 Å². The van der Waals surface area contributed by atoms with Crippen molar-refractivity contribution in [2.75, 3.05) is 0 Å². The normalized spacial score (nSPS) is 15.6. The Kier molecular flexibility index (Phi) is 11.7. The van der Waals surface area contributed by atoms with Gasteiger partial charge in [-0.05, 0) is 97.9 Å². The number of fused-ring (bicyclic) bond motifs is 1. The van der Waals surface area contributed by atoms with Crippen LogP contribution in [0.3, 0.4) is 0 Å². The van der Waals surface area contributed by atoms with Crippen LogP contribution in [0.4, 0.5) is 0 Å². The van der Waals surface area contributed by atoms with Crippen LogP contribution in [0.5, 0.6) is 0 Å². The summed E-state index contributed by atoms with van der Waals surface area (Å²) in [6.07, 6.45) is 4.52. The molecule has 3 aromatic rings. The van der Waals surface area contributed by atoms with Crippen LogP contribution in [0, 0.1) is 31.1 Å². The fraction of sp³-hybridized carbons (Fsp3) is 0.531. The van der Waals surface area contributed by atoms with Gasteiger partial charge in [0.1, 0.15) is 11.6 Å². The highest BCUT2D eigenvalue weighted by atomic mass is 15.2. The monoisotopic (exact) mass is 503 g/mol. The van der Waals surface area contributed by atoms with Gasteiger partial charge >= 0.3 is 0 Å². The first-order valence-corrected chi connectivity index (χ1v) is 13.4. The Morgan fingerprint density at radius 2 is 1.62 bits per heavy atom. The fourth-order valence-electron chi connectivity index (χ4n) is 5.11. The van der Waals surface area contributed by atoms with Gasteiger partial charge in [-0.25, -0.2) is 0 Å². The SMILES string of the molecule is C=C(C)C.CC.CC1CC(C)(C)NC(C)(C)C1.Cc1ccc(-c2cc(C#N)c3nn(C)cc3c2)nc1C. The van der Waals surface area contributed by atoms with Crippen LogP contribution < -0.4 is 5.32 Å². The molecule has 5 nitrogen and oxygen atoms in total. The summed E-state index contributed by atoms with van der Waals surface area (Å²) in [4.78, 5) is 4.60. The molecule has 202 valence electrons. The second kappa shape index (κ2) is 13.5. The molecular formula is C32H49N5. The van der Waals surface area contributed by atoms with Gasteiger partial charge in [-0.2, -0.15) is 10.4 Å². The van der Waals surface area contributed by atoms with Crippen LogP contribution in [0.2, 0.25) is 0 Å². The molecule has 1 fully saturated rings. The molecular weight excluding hydrogens is 454 g/mol. The molecule has 5 heteroatoms. The zero-order valence-corrected chi connectivity index (χ0v) is 25.4. The number of aromatic nitrogens is 3. The van der Waals surface area contributed by atoms with E-state index in [9.17, 15) is 5.26 Å². The molecule has 1 N–H and O–H groups in total. The molecule has 37 heavy (non-hydrogen) atoms. The molecule has 1 saturated heterocycles. The lowest BCUT2D eigenvalue weighted by atomic mass is 9.77. The maximum Gasteiger partial charge on any atom is 0.110 e. The Bertz CT molecular complexity index is 1200. The molecule has 0 amide bonds. The van der Waals surface area contributed by atoms with Crippen LogP contribution in [0.15, 0.2) is 42.6 Å². The number of benzene rings is 1. The van der Waals surface area contributed by atoms with Gasteiger partial charge in [0.05, 0.1) is 11.3 Å². The number of nitriles is 1. The van der Waals surface area contributed by atoms with E-state index in [-0.39, 0.29) is 0 Å². The zero-order chi connectivity index (χ0) is 28.6. The summed E-state index contributed by atoms with van der Waals surface area (Å²) in [6, 6.07) is 10.1. The minimum absolute atomic E-state index is 0.334. The third-order valence-corrected chi connectivity index (χ3v) is 5.88. The fourth-order valence-corrected chi connectivity index (χ4v) is 5.11. The van der Waals surface area contributed by atoms with E-state index in [0.717, 1.165) is 39.3 Å². The van der Waals surface area contributed by atoms with Gasteiger partial charge in [0.25, 0.3) is 0 Å². The number of nitrogens with one attached hydrogen (secondary N) is 1. The van der Waals surface area contributed by atoms with Gasteiger partial charge in [0.2, 0.25) is 0 Å². The molecule has 1 aromatic carbocycles. The molecule has 0 aliphatic carbocycles. The maximum atomic E-state index is 9.30. The Morgan fingerprint density at radius 1 is 1.08 bits per heavy atom. The molecule has 0 spiro atoms. The van der Waals surface area contributed by atoms with Crippen molar-refractivity contribution in [3.8, 4) is 17.3 Å². The topological polar surface area (TPSA) is 66.5 Å². The summed E-state index contributed by atoms with van der Waals surface area (Å²) >= 11 is 0. The first-order valence-electron chi connectivity index (χ1n) is 13.4. The maximum absolute atomic E-state index is 9.30. The van der Waals surface area contributed by atoms with Crippen molar-refractivity contribution < 1.29 is 0 Å². The second-order valence-corrected chi connectivity index (χ2v) is 11.6. The third-order valence-electron chi connectivity index (χ3n) is 5.88. The van der Waals surface area contributed by atoms with Gasteiger partial charge in [-0.3, -0.25) is 9.67 Å². The Labute approximate surface area is 226 Å². The molecule has 0 radical (unpaired) electrons. The molecule has 0 bridgehead atoms. The quantitative estimate of drug-likeness (QED) is 0.339. The minimum Gasteiger partial charge on any atom is -0.307 e. The van der Waals surface area contributed by atoms with Crippen molar-refractivity contribution in [1.29, 1.82) is 5.26 Å². The first-order chi connectivity index (χ1) is 17.1. The van der Waals surface area contributed by atoms with E-state index < -0.39 is 0 Å². The Morgan fingerprint density at radius 3 is 2.08 bits per heavy atom. The van der Waals surface area contributed by atoms with Gasteiger partial charge in [-0.15, -0.1) is 6.58 Å². The van der Waals surface area contributed by atoms with Gasteiger partial charge < -0.3 is 5.32 Å². The molecule has 3 heterocycles. The predicted octanol–water partition coefficient (Wildman–Crippen LogP) is 8.30. The van der Waals surface area contributed by atoms with Crippen LogP contribution >= 0.6 is 0 Å². The lowest BCUT2D eigenvalue weighted by Gasteiger charge is -2.45. The van der Waals surface area contributed by atoms with Crippen LogP contribution in [0.1, 0.15) is 92.0 Å². The zero-order valence-electron chi connectivity index (χ0n) is 25.4. The molecule has 0 unspecified atom stereocenters. The molecule has 1 aliphatic rings. The van der Waals surface area contributed by atoms with E-state index >= 15 is 0 Å². The number of hydrogen-bond acceptors (Lipinski definition) is 4. The third kappa shape index (κ3) is 10.1. The molecule has 4 rings (SSSR count). The summed E-state index contributed by atoms with van der Waals surface area (Å²) < 4.78 is 1.73. The highest BCUT2D eigenvalue weighted by Gasteiger charge is 2.35. The standard InChI is InChI=1S/C16H14N4.C10H21N.C4H8.C2H6/c1-10-4-5-15(18-11(10)2)12-6-13(8-17)16-14(7-12)9-20(3)19-16;1-8-6-9(2,3)11-10(4,5)7-8;1-4(2)3;1-2/h4-7,9H,1-3H3;8,11H,6-7H2,1-5H3;1H2,2-3H3;1-2H3. The van der Waals surface area contributed by atoms with Gasteiger partial charge in [-0.1, -0.05) is 32.4 Å². The number of piperidine rings is 1. The average molecular weight is 504 g/mol. The van der Waals surface area contributed by atoms with Crippen LogP contribution in [-0.2, 0) is 7.05 Å². The minimum atomic E-state index is 0.334. The van der Waals surface area contributed by atoms with Gasteiger partial charge in [0.15, 0.2) is 0 Å². The lowest BCUT2D eigenvalue weighted by Crippen LogP contribution is -2.57. The van der Waals surface area contributed by atoms with E-state index in [2.05, 4.69) is 68.7 Å². The number of nitrogens with zero attached hydrogens (tertiary/aromatic N) is 4. The summed E-state index contributed by atoms with van der Waals surface area (Å²) in [5.74, 6) is 0.862. The van der Waals surface area contributed by atoms with Crippen molar-refractivity contribution in [3.63, 3.8) is 0 Å². The van der Waals surface area contributed by atoms with Crippen LogP contribution in [-0.4, -0.2) is 25.8 Å². The molecule has 0 saturated carbocycles. The molecule has 0 atom stereocenters. The largest absolute Gasteiger partial charge is 0.307 e. The number of rotatable bonds is 1. The van der Waals surface area contributed by atoms with E-state index in [0.29, 0.717) is 16.6 Å². The van der Waals surface area contributed by atoms with E-state index in [1.807, 2.05) is 73.0 Å². The highest BCUT2D eigenvalue weighted by Crippen LogP contribution is 2.32. The molecule has 2 aromatic heterocycles. The summed E-state index contributed by atoms with van der Waals surface area (Å²) in [7, 11) is 1.86. The Hall–Kier alpha value is -2.97. The average Bonchev–Trinajstić information content (AvgIpc) is 3.14.